The van der Waals surface area contributed by atoms with Crippen molar-refractivity contribution in [3.63, 3.8) is 0 Å². The number of rotatable bonds is 12. The van der Waals surface area contributed by atoms with E-state index in [0.717, 1.165) is 47.5 Å². The van der Waals surface area contributed by atoms with Crippen molar-refractivity contribution in [2.75, 3.05) is 10.8 Å². The Morgan fingerprint density at radius 3 is 2.00 bits per heavy atom. The molecule has 1 aliphatic carbocycles. The highest BCUT2D eigenvalue weighted by atomic mass is 79.9. The van der Waals surface area contributed by atoms with E-state index in [0.29, 0.717) is 16.6 Å². The Morgan fingerprint density at radius 2 is 1.38 bits per heavy atom. The van der Waals surface area contributed by atoms with Crippen LogP contribution in [-0.4, -0.2) is 43.8 Å². The fourth-order valence-corrected chi connectivity index (χ4v) is 7.57. The highest BCUT2D eigenvalue weighted by Gasteiger charge is 2.35. The molecule has 0 bridgehead atoms. The third kappa shape index (κ3) is 8.61. The third-order valence-corrected chi connectivity index (χ3v) is 10.4. The maximum absolute atomic E-state index is 14.6. The number of halogens is 1. The summed E-state index contributed by atoms with van der Waals surface area (Å²) in [5, 5.41) is 3.24. The molecule has 0 aromatic heterocycles. The molecule has 234 valence electrons. The van der Waals surface area contributed by atoms with Gasteiger partial charge in [-0.3, -0.25) is 13.9 Å². The van der Waals surface area contributed by atoms with Gasteiger partial charge < -0.3 is 10.2 Å². The molecule has 1 saturated carbocycles. The van der Waals surface area contributed by atoms with Crippen molar-refractivity contribution < 1.29 is 18.0 Å². The molecule has 45 heavy (non-hydrogen) atoms. The summed E-state index contributed by atoms with van der Waals surface area (Å²) in [6.45, 7) is -0.338. The van der Waals surface area contributed by atoms with Crippen molar-refractivity contribution in [2.45, 2.75) is 62.0 Å². The van der Waals surface area contributed by atoms with Gasteiger partial charge >= 0.3 is 0 Å². The van der Waals surface area contributed by atoms with Crippen LogP contribution in [0.2, 0.25) is 0 Å². The molecule has 0 unspecified atom stereocenters. The van der Waals surface area contributed by atoms with Crippen molar-refractivity contribution in [1.82, 2.24) is 10.2 Å². The van der Waals surface area contributed by atoms with Gasteiger partial charge in [0.15, 0.2) is 0 Å². The van der Waals surface area contributed by atoms with Crippen molar-refractivity contribution in [1.29, 1.82) is 0 Å². The molecule has 1 aliphatic rings. The van der Waals surface area contributed by atoms with Crippen molar-refractivity contribution in [3.05, 3.63) is 131 Å². The molecule has 1 fully saturated rings. The summed E-state index contributed by atoms with van der Waals surface area (Å²) < 4.78 is 30.0. The predicted octanol–water partition coefficient (Wildman–Crippen LogP) is 6.73. The molecule has 4 aromatic rings. The SMILES string of the molecule is O=C(NC1CCCCC1)[C@@H](Cc1ccccc1)N(Cc1ccccc1)C(=O)CN(c1cccc(Br)c1)S(=O)(=O)c1ccccc1. The Kier molecular flexibility index (Phi) is 11.1. The van der Waals surface area contributed by atoms with Gasteiger partial charge in [-0.25, -0.2) is 8.42 Å². The van der Waals surface area contributed by atoms with Gasteiger partial charge in [-0.15, -0.1) is 0 Å². The van der Waals surface area contributed by atoms with Crippen molar-refractivity contribution >= 4 is 43.5 Å². The fraction of sp³-hybridized carbons (Fsp3) is 0.278. The summed E-state index contributed by atoms with van der Waals surface area (Å²) in [6, 6.07) is 33.3. The number of nitrogens with zero attached hydrogens (tertiary/aromatic N) is 2. The number of anilines is 1. The van der Waals surface area contributed by atoms with Crippen molar-refractivity contribution in [3.8, 4) is 0 Å². The van der Waals surface area contributed by atoms with E-state index in [9.17, 15) is 18.0 Å². The number of benzene rings is 4. The number of carbonyl (C=O) groups is 2. The minimum atomic E-state index is -4.14. The van der Waals surface area contributed by atoms with Gasteiger partial charge in [-0.2, -0.15) is 0 Å². The summed E-state index contributed by atoms with van der Waals surface area (Å²) >= 11 is 3.45. The van der Waals surface area contributed by atoms with Gasteiger partial charge in [-0.1, -0.05) is 120 Å². The van der Waals surface area contributed by atoms with Crippen LogP contribution in [0.5, 0.6) is 0 Å². The minimum Gasteiger partial charge on any atom is -0.352 e. The first-order valence-electron chi connectivity index (χ1n) is 15.3. The van der Waals surface area contributed by atoms with Gasteiger partial charge in [0, 0.05) is 23.5 Å². The summed E-state index contributed by atoms with van der Waals surface area (Å²) in [7, 11) is -4.14. The van der Waals surface area contributed by atoms with Crippen LogP contribution in [0.4, 0.5) is 5.69 Å². The Morgan fingerprint density at radius 1 is 0.778 bits per heavy atom. The number of amides is 2. The molecule has 1 N–H and O–H groups in total. The van der Waals surface area contributed by atoms with Crippen LogP contribution in [0, 0.1) is 0 Å². The molecular weight excluding hydrogens is 650 g/mol. The number of sulfonamides is 1. The zero-order valence-corrected chi connectivity index (χ0v) is 27.5. The van der Waals surface area contributed by atoms with Gasteiger partial charge in [0.2, 0.25) is 11.8 Å². The maximum Gasteiger partial charge on any atom is 0.264 e. The summed E-state index contributed by atoms with van der Waals surface area (Å²) in [6.07, 6.45) is 5.37. The molecule has 1 atom stereocenters. The lowest BCUT2D eigenvalue weighted by atomic mass is 9.94. The minimum absolute atomic E-state index is 0.0508. The maximum atomic E-state index is 14.6. The number of hydrogen-bond donors (Lipinski definition) is 1. The molecule has 4 aromatic carbocycles. The first-order valence-corrected chi connectivity index (χ1v) is 17.6. The van der Waals surface area contributed by atoms with Crippen LogP contribution >= 0.6 is 15.9 Å². The first-order chi connectivity index (χ1) is 21.8. The average Bonchev–Trinajstić information content (AvgIpc) is 3.07. The summed E-state index contributed by atoms with van der Waals surface area (Å²) in [4.78, 5) is 30.3. The van der Waals surface area contributed by atoms with E-state index in [1.54, 1.807) is 47.4 Å². The van der Waals surface area contributed by atoms with Crippen LogP contribution in [0.25, 0.3) is 0 Å². The van der Waals surface area contributed by atoms with Crippen molar-refractivity contribution in [2.24, 2.45) is 0 Å². The third-order valence-electron chi connectivity index (χ3n) is 8.12. The molecule has 0 spiro atoms. The van der Waals surface area contributed by atoms with E-state index in [-0.39, 0.29) is 23.4 Å². The summed E-state index contributed by atoms with van der Waals surface area (Å²) in [5.41, 5.74) is 2.09. The first kappa shape index (κ1) is 32.4. The van der Waals surface area contributed by atoms with Gasteiger partial charge in [-0.05, 0) is 54.3 Å². The van der Waals surface area contributed by atoms with E-state index in [1.165, 1.54) is 12.1 Å². The topological polar surface area (TPSA) is 86.8 Å². The van der Waals surface area contributed by atoms with E-state index in [4.69, 9.17) is 0 Å². The molecule has 9 heteroatoms. The van der Waals surface area contributed by atoms with Crippen LogP contribution in [0.15, 0.2) is 125 Å². The Hall–Kier alpha value is -3.95. The molecule has 2 amide bonds. The molecule has 7 nitrogen and oxygen atoms in total. The lowest BCUT2D eigenvalue weighted by Gasteiger charge is -2.35. The number of carbonyl (C=O) groups excluding carboxylic acids is 2. The molecular formula is C36H38BrN3O4S. The largest absolute Gasteiger partial charge is 0.352 e. The lowest BCUT2D eigenvalue weighted by molar-refractivity contribution is -0.140. The Balaban J connectivity index is 1.54. The van der Waals surface area contributed by atoms with Gasteiger partial charge in [0.05, 0.1) is 10.6 Å². The lowest BCUT2D eigenvalue weighted by Crippen LogP contribution is -2.55. The van der Waals surface area contributed by atoms with Crippen LogP contribution < -0.4 is 9.62 Å². The zero-order valence-electron chi connectivity index (χ0n) is 25.1. The molecule has 0 heterocycles. The number of hydrogen-bond acceptors (Lipinski definition) is 4. The van der Waals surface area contributed by atoms with Crippen LogP contribution in [0.3, 0.4) is 0 Å². The Labute approximate surface area is 274 Å². The second-order valence-corrected chi connectivity index (χ2v) is 14.1. The monoisotopic (exact) mass is 687 g/mol. The highest BCUT2D eigenvalue weighted by molar-refractivity contribution is 9.10. The Bertz CT molecular complexity index is 1660. The summed E-state index contributed by atoms with van der Waals surface area (Å²) in [5.74, 6) is -0.701. The zero-order chi connectivity index (χ0) is 31.6. The second-order valence-electron chi connectivity index (χ2n) is 11.4. The van der Waals surface area contributed by atoms with Gasteiger partial charge in [0.1, 0.15) is 12.6 Å². The molecule has 0 radical (unpaired) electrons. The highest BCUT2D eigenvalue weighted by Crippen LogP contribution is 2.27. The number of nitrogens with one attached hydrogen (secondary N) is 1. The van der Waals surface area contributed by atoms with Crippen LogP contribution in [0.1, 0.15) is 43.2 Å². The standard InChI is InChI=1S/C36H38BrN3O4S/c37-30-18-13-21-32(25-30)40(45(43,44)33-22-11-4-12-23-33)27-35(41)39(26-29-16-7-2-8-17-29)34(24-28-14-5-1-6-15-28)36(42)38-31-19-9-3-10-20-31/h1-2,4-8,11-18,21-23,25,31,34H,3,9-10,19-20,24,26-27H2,(H,38,42)/t34-/m1/s1. The van der Waals surface area contributed by atoms with Crippen LogP contribution in [-0.2, 0) is 32.6 Å². The van der Waals surface area contributed by atoms with E-state index in [2.05, 4.69) is 21.2 Å². The van der Waals surface area contributed by atoms with E-state index >= 15 is 0 Å². The molecule has 0 saturated heterocycles. The van der Waals surface area contributed by atoms with E-state index < -0.39 is 28.5 Å². The normalized spacial score (nSPS) is 14.3. The molecule has 0 aliphatic heterocycles. The van der Waals surface area contributed by atoms with Gasteiger partial charge in [0.25, 0.3) is 10.0 Å². The second kappa shape index (κ2) is 15.4. The van der Waals surface area contributed by atoms with E-state index in [1.807, 2.05) is 60.7 Å². The molecule has 5 rings (SSSR count). The predicted molar refractivity (Wildman–Crippen MR) is 181 cm³/mol. The smallest absolute Gasteiger partial charge is 0.264 e. The average molecular weight is 689 g/mol. The fourth-order valence-electron chi connectivity index (χ4n) is 5.76. The quantitative estimate of drug-likeness (QED) is 0.179.